The zero-order valence-corrected chi connectivity index (χ0v) is 22.8. The lowest BCUT2D eigenvalue weighted by atomic mass is 9.83. The molecular formula is C29H44N2O6. The summed E-state index contributed by atoms with van der Waals surface area (Å²) in [7, 11) is 4.79. The van der Waals surface area contributed by atoms with Crippen LogP contribution in [0.5, 0.6) is 11.5 Å². The highest BCUT2D eigenvalue weighted by molar-refractivity contribution is 5.82. The Morgan fingerprint density at radius 3 is 2.38 bits per heavy atom. The maximum atomic E-state index is 12.7. The molecule has 0 fully saturated rings. The van der Waals surface area contributed by atoms with Gasteiger partial charge in [0.25, 0.3) is 5.91 Å². The molecule has 4 atom stereocenters. The van der Waals surface area contributed by atoms with Crippen LogP contribution in [0, 0.1) is 11.8 Å². The summed E-state index contributed by atoms with van der Waals surface area (Å²) < 4.78 is 21.8. The van der Waals surface area contributed by atoms with Crippen molar-refractivity contribution in [2.75, 3.05) is 41.1 Å². The first-order valence-electron chi connectivity index (χ1n) is 12.9. The first-order valence-corrected chi connectivity index (χ1v) is 12.9. The summed E-state index contributed by atoms with van der Waals surface area (Å²) >= 11 is 0. The summed E-state index contributed by atoms with van der Waals surface area (Å²) in [6.07, 6.45) is 0.556. The van der Waals surface area contributed by atoms with Crippen molar-refractivity contribution < 1.29 is 28.8 Å². The van der Waals surface area contributed by atoms with Gasteiger partial charge in [-0.15, -0.1) is 0 Å². The number of aliphatic hydroxyl groups is 1. The van der Waals surface area contributed by atoms with Crippen molar-refractivity contribution in [3.05, 3.63) is 59.7 Å². The van der Waals surface area contributed by atoms with Crippen LogP contribution in [0.4, 0.5) is 0 Å². The van der Waals surface area contributed by atoms with Gasteiger partial charge in [0.2, 0.25) is 0 Å². The van der Waals surface area contributed by atoms with E-state index in [9.17, 15) is 9.90 Å². The van der Waals surface area contributed by atoms with E-state index in [0.29, 0.717) is 37.1 Å². The molecule has 2 aromatic rings. The Hall–Kier alpha value is -2.65. The number of ether oxygens (including phenoxy) is 4. The van der Waals surface area contributed by atoms with Crippen molar-refractivity contribution in [2.24, 2.45) is 17.6 Å². The fourth-order valence-electron chi connectivity index (χ4n) is 4.22. The van der Waals surface area contributed by atoms with E-state index in [2.05, 4.69) is 19.2 Å². The maximum Gasteiger partial charge on any atom is 0.253 e. The van der Waals surface area contributed by atoms with Gasteiger partial charge in [0.15, 0.2) is 17.6 Å². The van der Waals surface area contributed by atoms with Gasteiger partial charge in [-0.2, -0.15) is 0 Å². The number of carbonyl (C=O) groups excluding carboxylic acids is 1. The van der Waals surface area contributed by atoms with Gasteiger partial charge in [0.1, 0.15) is 0 Å². The monoisotopic (exact) mass is 516 g/mol. The molecule has 0 aromatic heterocycles. The second-order valence-electron chi connectivity index (χ2n) is 9.63. The normalized spacial score (nSPS) is 14.6. The molecule has 8 heteroatoms. The predicted molar refractivity (Wildman–Crippen MR) is 145 cm³/mol. The van der Waals surface area contributed by atoms with Crippen molar-refractivity contribution in [3.8, 4) is 11.5 Å². The molecule has 37 heavy (non-hydrogen) atoms. The van der Waals surface area contributed by atoms with Crippen molar-refractivity contribution in [2.45, 2.75) is 51.4 Å². The fraction of sp³-hybridized carbons (Fsp3) is 0.552. The van der Waals surface area contributed by atoms with Crippen LogP contribution in [0.2, 0.25) is 0 Å². The molecule has 2 aromatic carbocycles. The largest absolute Gasteiger partial charge is 0.493 e. The van der Waals surface area contributed by atoms with E-state index in [-0.39, 0.29) is 18.4 Å². The lowest BCUT2D eigenvalue weighted by molar-refractivity contribution is -0.132. The predicted octanol–water partition coefficient (Wildman–Crippen LogP) is 3.51. The molecule has 206 valence electrons. The van der Waals surface area contributed by atoms with E-state index in [1.165, 1.54) is 7.11 Å². The lowest BCUT2D eigenvalue weighted by Gasteiger charge is -2.28. The Morgan fingerprint density at radius 1 is 1.03 bits per heavy atom. The van der Waals surface area contributed by atoms with Gasteiger partial charge in [0.05, 0.1) is 19.8 Å². The summed E-state index contributed by atoms with van der Waals surface area (Å²) in [5, 5.41) is 13.5. The molecule has 0 saturated heterocycles. The zero-order valence-electron chi connectivity index (χ0n) is 22.8. The second-order valence-corrected chi connectivity index (χ2v) is 9.63. The number of nitrogens with one attached hydrogen (secondary N) is 1. The smallest absolute Gasteiger partial charge is 0.253 e. The van der Waals surface area contributed by atoms with E-state index < -0.39 is 18.2 Å². The van der Waals surface area contributed by atoms with Crippen molar-refractivity contribution in [3.63, 3.8) is 0 Å². The molecular weight excluding hydrogens is 472 g/mol. The minimum atomic E-state index is -0.881. The molecule has 0 aliphatic heterocycles. The summed E-state index contributed by atoms with van der Waals surface area (Å²) in [4.78, 5) is 12.7. The zero-order chi connectivity index (χ0) is 27.2. The minimum absolute atomic E-state index is 0.0551. The molecule has 8 nitrogen and oxygen atoms in total. The van der Waals surface area contributed by atoms with E-state index in [4.69, 9.17) is 24.7 Å². The molecule has 0 aliphatic rings. The average Bonchev–Trinajstić information content (AvgIpc) is 2.90. The van der Waals surface area contributed by atoms with Crippen LogP contribution < -0.4 is 20.5 Å². The SMILES string of the molecule is COCCCOc1cc(CC(CC(N)C(O)CNC(=O)C(OC)c2ccccc2)C(C)C)ccc1OC. The van der Waals surface area contributed by atoms with Crippen LogP contribution in [-0.4, -0.2) is 64.2 Å². The number of benzene rings is 2. The molecule has 0 heterocycles. The molecule has 0 bridgehead atoms. The number of aliphatic hydroxyl groups excluding tert-OH is 1. The van der Waals surface area contributed by atoms with E-state index in [0.717, 1.165) is 24.0 Å². The molecule has 1 amide bonds. The third-order valence-electron chi connectivity index (χ3n) is 6.55. The molecule has 0 saturated carbocycles. The first-order chi connectivity index (χ1) is 17.8. The van der Waals surface area contributed by atoms with Crippen LogP contribution in [0.1, 0.15) is 43.9 Å². The molecule has 2 rings (SSSR count). The van der Waals surface area contributed by atoms with Gasteiger partial charge in [0, 0.05) is 39.8 Å². The number of methoxy groups -OCH3 is 3. The molecule has 0 radical (unpaired) electrons. The number of rotatable bonds is 17. The van der Waals surface area contributed by atoms with Crippen molar-refractivity contribution in [1.82, 2.24) is 5.32 Å². The lowest BCUT2D eigenvalue weighted by Crippen LogP contribution is -2.45. The highest BCUT2D eigenvalue weighted by Gasteiger charge is 2.25. The highest BCUT2D eigenvalue weighted by atomic mass is 16.5. The Morgan fingerprint density at radius 2 is 1.76 bits per heavy atom. The summed E-state index contributed by atoms with van der Waals surface area (Å²) in [5.41, 5.74) is 8.26. The van der Waals surface area contributed by atoms with Crippen molar-refractivity contribution in [1.29, 1.82) is 0 Å². The standard InChI is InChI=1S/C29H44N2O6/c1-20(2)23(16-21-12-13-26(35-4)27(17-21)37-15-9-14-34-3)18-24(30)25(32)19-31-29(33)28(36-5)22-10-7-6-8-11-22/h6-8,10-13,17,20,23-25,28,32H,9,14-16,18-19,30H2,1-5H3,(H,31,33). The van der Waals surface area contributed by atoms with Gasteiger partial charge in [-0.3, -0.25) is 4.79 Å². The Kier molecular flexibility index (Phi) is 13.4. The van der Waals surface area contributed by atoms with Gasteiger partial charge in [-0.25, -0.2) is 0 Å². The number of hydrogen-bond donors (Lipinski definition) is 3. The third-order valence-corrected chi connectivity index (χ3v) is 6.55. The van der Waals surface area contributed by atoms with Crippen LogP contribution in [0.15, 0.2) is 48.5 Å². The average molecular weight is 517 g/mol. The summed E-state index contributed by atoms with van der Waals surface area (Å²) in [6, 6.07) is 14.7. The van der Waals surface area contributed by atoms with Gasteiger partial charge in [-0.05, 0) is 47.9 Å². The quantitative estimate of drug-likeness (QED) is 0.276. The number of amides is 1. The Bertz CT molecular complexity index is 924. The summed E-state index contributed by atoms with van der Waals surface area (Å²) in [6.45, 7) is 5.54. The van der Waals surface area contributed by atoms with E-state index in [1.807, 2.05) is 48.5 Å². The molecule has 0 spiro atoms. The number of nitrogens with two attached hydrogens (primary N) is 1. The highest BCUT2D eigenvalue weighted by Crippen LogP contribution is 2.31. The maximum absolute atomic E-state index is 12.7. The fourth-order valence-corrected chi connectivity index (χ4v) is 4.22. The van der Waals surface area contributed by atoms with Crippen molar-refractivity contribution >= 4 is 5.91 Å². The van der Waals surface area contributed by atoms with Crippen LogP contribution >= 0.6 is 0 Å². The minimum Gasteiger partial charge on any atom is -0.493 e. The molecule has 4 unspecified atom stereocenters. The van der Waals surface area contributed by atoms with E-state index >= 15 is 0 Å². The van der Waals surface area contributed by atoms with Gasteiger partial charge < -0.3 is 35.1 Å². The van der Waals surface area contributed by atoms with E-state index in [1.54, 1.807) is 14.2 Å². The first kappa shape index (κ1) is 30.6. The van der Waals surface area contributed by atoms with Crippen LogP contribution in [0.25, 0.3) is 0 Å². The third kappa shape index (κ3) is 9.97. The van der Waals surface area contributed by atoms with Crippen LogP contribution in [-0.2, 0) is 20.7 Å². The molecule has 0 aliphatic carbocycles. The molecule has 4 N–H and O–H groups in total. The number of hydrogen-bond acceptors (Lipinski definition) is 7. The van der Waals surface area contributed by atoms with Gasteiger partial charge in [-0.1, -0.05) is 50.2 Å². The topological polar surface area (TPSA) is 112 Å². The second kappa shape index (κ2) is 16.2. The van der Waals surface area contributed by atoms with Crippen LogP contribution in [0.3, 0.4) is 0 Å². The Balaban J connectivity index is 1.96. The Labute approximate surface area is 221 Å². The summed E-state index contributed by atoms with van der Waals surface area (Å²) in [5.74, 6) is 1.66. The van der Waals surface area contributed by atoms with Gasteiger partial charge >= 0.3 is 0 Å². The number of carbonyl (C=O) groups is 1.